The number of hydrogen-bond acceptors (Lipinski definition) is 7. The molecular weight excluding hydrogens is 312 g/mol. The van der Waals surface area contributed by atoms with Crippen molar-refractivity contribution in [2.75, 3.05) is 31.6 Å². The van der Waals surface area contributed by atoms with Gasteiger partial charge in [-0.05, 0) is 7.05 Å². The third-order valence-corrected chi connectivity index (χ3v) is 2.81. The van der Waals surface area contributed by atoms with Crippen LogP contribution < -0.4 is 103 Å². The summed E-state index contributed by atoms with van der Waals surface area (Å²) in [5.74, 6) is -1.19. The summed E-state index contributed by atoms with van der Waals surface area (Å²) in [7, 11) is -7.16. The molecule has 0 rings (SSSR count). The van der Waals surface area contributed by atoms with Crippen LogP contribution in [-0.4, -0.2) is 62.5 Å². The SMILES string of the molecule is CN(CCS(=O)(=O)[O-])CCS(=O)(=O)[O-].[K+].[K+]. The van der Waals surface area contributed by atoms with Crippen LogP contribution in [0.25, 0.3) is 0 Å². The molecule has 0 aliphatic rings. The van der Waals surface area contributed by atoms with Crippen LogP contribution in [0.5, 0.6) is 0 Å². The molecule has 7 nitrogen and oxygen atoms in total. The molecule has 0 bridgehead atoms. The third-order valence-electron chi connectivity index (χ3n) is 1.45. The standard InChI is InChI=1S/C5H13NO6S2.2K/c1-6(2-4-13(7,8)9)3-5-14(10,11)12;;/h2-5H2,1H3,(H,7,8,9)(H,10,11,12);;/q;2*+1/p-2. The zero-order chi connectivity index (χ0) is 11.4. The smallest absolute Gasteiger partial charge is 0.748 e. The van der Waals surface area contributed by atoms with Gasteiger partial charge in [-0.3, -0.25) is 0 Å². The van der Waals surface area contributed by atoms with E-state index in [2.05, 4.69) is 0 Å². The second-order valence-electron chi connectivity index (χ2n) is 2.83. The van der Waals surface area contributed by atoms with Crippen LogP contribution in [0, 0.1) is 0 Å². The molecule has 16 heavy (non-hydrogen) atoms. The van der Waals surface area contributed by atoms with E-state index in [4.69, 9.17) is 0 Å². The minimum atomic E-state index is -4.29. The average Bonchev–Trinajstić information content (AvgIpc) is 1.94. The van der Waals surface area contributed by atoms with Crippen molar-refractivity contribution in [3.05, 3.63) is 0 Å². The molecule has 0 aromatic heterocycles. The molecule has 0 amide bonds. The maximum Gasteiger partial charge on any atom is 1.00 e. The minimum absolute atomic E-state index is 0. The Labute approximate surface area is 181 Å². The number of rotatable bonds is 6. The van der Waals surface area contributed by atoms with Gasteiger partial charge < -0.3 is 14.0 Å². The first kappa shape index (κ1) is 24.1. The summed E-state index contributed by atoms with van der Waals surface area (Å²) >= 11 is 0. The van der Waals surface area contributed by atoms with Crippen LogP contribution in [0.4, 0.5) is 0 Å². The van der Waals surface area contributed by atoms with E-state index in [9.17, 15) is 25.9 Å². The summed E-state index contributed by atoms with van der Waals surface area (Å²) in [6.07, 6.45) is 0. The predicted molar refractivity (Wildman–Crippen MR) is 46.6 cm³/mol. The molecule has 0 atom stereocenters. The number of nitrogens with zero attached hydrogens (tertiary/aromatic N) is 1. The van der Waals surface area contributed by atoms with Crippen molar-refractivity contribution in [2.24, 2.45) is 0 Å². The van der Waals surface area contributed by atoms with Crippen molar-refractivity contribution in [2.45, 2.75) is 0 Å². The molecule has 0 saturated carbocycles. The quantitative estimate of drug-likeness (QED) is 0.352. The Morgan fingerprint density at radius 3 is 1.31 bits per heavy atom. The maximum absolute atomic E-state index is 10.2. The monoisotopic (exact) mass is 323 g/mol. The van der Waals surface area contributed by atoms with Gasteiger partial charge in [0.05, 0.1) is 31.7 Å². The fourth-order valence-electron chi connectivity index (χ4n) is 0.647. The van der Waals surface area contributed by atoms with Crippen LogP contribution in [0.15, 0.2) is 0 Å². The molecule has 0 N–H and O–H groups in total. The Hall–Kier alpha value is 3.05. The second-order valence-corrected chi connectivity index (χ2v) is 5.87. The molecular formula is C5H11K2NO6S2. The zero-order valence-corrected chi connectivity index (χ0v) is 17.4. The van der Waals surface area contributed by atoms with Gasteiger partial charge in [0.25, 0.3) is 0 Å². The van der Waals surface area contributed by atoms with Crippen molar-refractivity contribution in [1.82, 2.24) is 4.90 Å². The van der Waals surface area contributed by atoms with Gasteiger partial charge in [-0.2, -0.15) is 0 Å². The Bertz CT molecular complexity index is 330. The molecule has 0 aliphatic heterocycles. The largest absolute Gasteiger partial charge is 1.00 e. The van der Waals surface area contributed by atoms with Gasteiger partial charge in [0.2, 0.25) is 0 Å². The van der Waals surface area contributed by atoms with E-state index in [-0.39, 0.29) is 116 Å². The van der Waals surface area contributed by atoms with E-state index in [1.165, 1.54) is 11.9 Å². The molecule has 0 aromatic rings. The molecule has 0 fully saturated rings. The first-order valence-electron chi connectivity index (χ1n) is 3.66. The topological polar surface area (TPSA) is 118 Å². The fourth-order valence-corrected chi connectivity index (χ4v) is 1.72. The van der Waals surface area contributed by atoms with Crippen molar-refractivity contribution in [3.8, 4) is 0 Å². The van der Waals surface area contributed by atoms with E-state index < -0.39 is 31.7 Å². The van der Waals surface area contributed by atoms with E-state index in [0.29, 0.717) is 0 Å². The Morgan fingerprint density at radius 1 is 0.875 bits per heavy atom. The Morgan fingerprint density at radius 2 is 1.12 bits per heavy atom. The molecule has 86 valence electrons. The first-order valence-corrected chi connectivity index (χ1v) is 6.81. The van der Waals surface area contributed by atoms with Gasteiger partial charge in [0.1, 0.15) is 0 Å². The average molecular weight is 323 g/mol. The van der Waals surface area contributed by atoms with Crippen LogP contribution in [0.2, 0.25) is 0 Å². The summed E-state index contributed by atoms with van der Waals surface area (Å²) in [6.45, 7) is -0.164. The van der Waals surface area contributed by atoms with Crippen LogP contribution >= 0.6 is 0 Å². The van der Waals surface area contributed by atoms with Gasteiger partial charge in [-0.1, -0.05) is 0 Å². The van der Waals surface area contributed by atoms with E-state index in [1.54, 1.807) is 0 Å². The molecule has 0 aliphatic carbocycles. The maximum atomic E-state index is 10.2. The number of hydrogen-bond donors (Lipinski definition) is 0. The molecule has 0 radical (unpaired) electrons. The van der Waals surface area contributed by atoms with E-state index in [1.807, 2.05) is 0 Å². The normalized spacial score (nSPS) is 11.8. The van der Waals surface area contributed by atoms with Gasteiger partial charge in [-0.15, -0.1) is 0 Å². The van der Waals surface area contributed by atoms with E-state index >= 15 is 0 Å². The van der Waals surface area contributed by atoms with Crippen LogP contribution in [0.1, 0.15) is 0 Å². The minimum Gasteiger partial charge on any atom is -0.748 e. The van der Waals surface area contributed by atoms with Crippen molar-refractivity contribution in [3.63, 3.8) is 0 Å². The molecule has 0 heterocycles. The van der Waals surface area contributed by atoms with Crippen molar-refractivity contribution >= 4 is 20.2 Å². The second kappa shape index (κ2) is 10.8. The van der Waals surface area contributed by atoms with Crippen molar-refractivity contribution < 1.29 is 129 Å². The summed E-state index contributed by atoms with van der Waals surface area (Å²) < 4.78 is 61.0. The first-order chi connectivity index (χ1) is 6.10. The third kappa shape index (κ3) is 19.4. The zero-order valence-electron chi connectivity index (χ0n) is 9.54. The predicted octanol–water partition coefficient (Wildman–Crippen LogP) is -7.98. The van der Waals surface area contributed by atoms with E-state index in [0.717, 1.165) is 0 Å². The summed E-state index contributed by atoms with van der Waals surface area (Å²) in [6, 6.07) is 0. The molecule has 11 heteroatoms. The van der Waals surface area contributed by atoms with Gasteiger partial charge in [0, 0.05) is 13.1 Å². The summed E-state index contributed by atoms with van der Waals surface area (Å²) in [5, 5.41) is 0. The van der Waals surface area contributed by atoms with Crippen LogP contribution in [0.3, 0.4) is 0 Å². The Balaban J connectivity index is -0.000000845. The van der Waals surface area contributed by atoms with Gasteiger partial charge >= 0.3 is 103 Å². The summed E-state index contributed by atoms with van der Waals surface area (Å²) in [5.41, 5.74) is 0. The van der Waals surface area contributed by atoms with Crippen molar-refractivity contribution in [1.29, 1.82) is 0 Å². The van der Waals surface area contributed by atoms with Crippen LogP contribution in [-0.2, 0) is 20.2 Å². The Kier molecular flexibility index (Phi) is 16.3. The fraction of sp³-hybridized carbons (Fsp3) is 1.00. The van der Waals surface area contributed by atoms with Gasteiger partial charge in [0.15, 0.2) is 0 Å². The van der Waals surface area contributed by atoms with Gasteiger partial charge in [-0.25, -0.2) is 16.8 Å². The summed E-state index contributed by atoms with van der Waals surface area (Å²) in [4.78, 5) is 1.30. The molecule has 0 saturated heterocycles. The molecule has 0 aromatic carbocycles. The molecule has 0 spiro atoms. The molecule has 0 unspecified atom stereocenters.